The van der Waals surface area contributed by atoms with Gasteiger partial charge in [-0.05, 0) is 49.2 Å². The van der Waals surface area contributed by atoms with E-state index in [9.17, 15) is 8.42 Å². The van der Waals surface area contributed by atoms with E-state index in [4.69, 9.17) is 10.5 Å². The van der Waals surface area contributed by atoms with Gasteiger partial charge in [-0.15, -0.1) is 11.3 Å². The normalized spacial score (nSPS) is 11.4. The molecule has 0 unspecified atom stereocenters. The number of aryl methyl sites for hydroxylation is 2. The number of nitrogens with one attached hydrogen (secondary N) is 1. The zero-order valence-electron chi connectivity index (χ0n) is 12.1. The van der Waals surface area contributed by atoms with Gasteiger partial charge in [-0.2, -0.15) is 0 Å². The van der Waals surface area contributed by atoms with Crippen LogP contribution in [0, 0.1) is 13.8 Å². The molecule has 0 amide bonds. The number of benzene rings is 1. The Kier molecular flexibility index (Phi) is 4.55. The van der Waals surface area contributed by atoms with Crippen LogP contribution in [0.3, 0.4) is 0 Å². The quantitative estimate of drug-likeness (QED) is 0.885. The van der Waals surface area contributed by atoms with E-state index in [-0.39, 0.29) is 4.21 Å². The maximum Gasteiger partial charge on any atom is 0.271 e. The Morgan fingerprint density at radius 1 is 1.24 bits per heavy atom. The molecule has 21 heavy (non-hydrogen) atoms. The van der Waals surface area contributed by atoms with Crippen LogP contribution in [0.25, 0.3) is 0 Å². The standard InChI is InChI=1S/C14H18N2O3S2/c1-9-6-11(4-5-12(9)19-3)16-21(17,18)14-7-10(2)13(8-15)20-14/h4-7,16H,8,15H2,1-3H3. The SMILES string of the molecule is COc1ccc(NS(=O)(=O)c2cc(C)c(CN)s2)cc1C. The van der Waals surface area contributed by atoms with E-state index >= 15 is 0 Å². The summed E-state index contributed by atoms with van der Waals surface area (Å²) in [7, 11) is -2.01. The van der Waals surface area contributed by atoms with E-state index in [1.165, 1.54) is 11.3 Å². The van der Waals surface area contributed by atoms with E-state index in [0.29, 0.717) is 12.2 Å². The monoisotopic (exact) mass is 326 g/mol. The molecule has 0 bridgehead atoms. The second kappa shape index (κ2) is 6.05. The van der Waals surface area contributed by atoms with Gasteiger partial charge in [0.1, 0.15) is 9.96 Å². The topological polar surface area (TPSA) is 81.4 Å². The molecule has 2 rings (SSSR count). The van der Waals surface area contributed by atoms with Crippen LogP contribution in [0.15, 0.2) is 28.5 Å². The average Bonchev–Trinajstić information content (AvgIpc) is 2.80. The minimum absolute atomic E-state index is 0.272. The van der Waals surface area contributed by atoms with E-state index in [2.05, 4.69) is 4.72 Å². The minimum atomic E-state index is -3.59. The van der Waals surface area contributed by atoms with Crippen LogP contribution in [0.5, 0.6) is 5.75 Å². The van der Waals surface area contributed by atoms with Gasteiger partial charge in [0.15, 0.2) is 0 Å². The van der Waals surface area contributed by atoms with Gasteiger partial charge < -0.3 is 10.5 Å². The number of hydrogen-bond acceptors (Lipinski definition) is 5. The van der Waals surface area contributed by atoms with Crippen molar-refractivity contribution in [3.8, 4) is 5.75 Å². The smallest absolute Gasteiger partial charge is 0.271 e. The van der Waals surface area contributed by atoms with E-state index in [0.717, 1.165) is 21.8 Å². The summed E-state index contributed by atoms with van der Waals surface area (Å²) in [6, 6.07) is 6.79. The summed E-state index contributed by atoms with van der Waals surface area (Å²) < 4.78 is 32.8. The predicted octanol–water partition coefficient (Wildman–Crippen LogP) is 2.63. The third kappa shape index (κ3) is 3.37. The summed E-state index contributed by atoms with van der Waals surface area (Å²) in [6.45, 7) is 4.06. The molecule has 7 heteroatoms. The summed E-state index contributed by atoms with van der Waals surface area (Å²) in [5, 5.41) is 0. The number of hydrogen-bond donors (Lipinski definition) is 2. The number of anilines is 1. The molecular weight excluding hydrogens is 308 g/mol. The Labute approximate surface area is 128 Å². The molecule has 0 aliphatic heterocycles. The van der Waals surface area contributed by atoms with Crippen molar-refractivity contribution in [1.29, 1.82) is 0 Å². The lowest BCUT2D eigenvalue weighted by Crippen LogP contribution is -2.11. The zero-order valence-corrected chi connectivity index (χ0v) is 13.8. The van der Waals surface area contributed by atoms with Crippen LogP contribution in [0.1, 0.15) is 16.0 Å². The van der Waals surface area contributed by atoms with Gasteiger partial charge in [0.05, 0.1) is 7.11 Å². The van der Waals surface area contributed by atoms with Gasteiger partial charge in [0, 0.05) is 17.1 Å². The average molecular weight is 326 g/mol. The number of nitrogens with two attached hydrogens (primary N) is 1. The molecule has 1 aromatic carbocycles. The summed E-state index contributed by atoms with van der Waals surface area (Å²) in [5.74, 6) is 0.718. The van der Waals surface area contributed by atoms with E-state index in [1.54, 1.807) is 31.4 Å². The fraction of sp³-hybridized carbons (Fsp3) is 0.286. The molecule has 2 aromatic rings. The molecule has 0 radical (unpaired) electrons. The second-order valence-corrected chi connectivity index (χ2v) is 7.71. The van der Waals surface area contributed by atoms with Crippen LogP contribution >= 0.6 is 11.3 Å². The summed E-state index contributed by atoms with van der Waals surface area (Å²) >= 11 is 1.20. The Balaban J connectivity index is 2.30. The third-order valence-corrected chi connectivity index (χ3v) is 6.21. The second-order valence-electron chi connectivity index (χ2n) is 4.67. The molecule has 0 fully saturated rings. The number of sulfonamides is 1. The van der Waals surface area contributed by atoms with Gasteiger partial charge in [0.2, 0.25) is 0 Å². The van der Waals surface area contributed by atoms with Crippen molar-refractivity contribution >= 4 is 27.0 Å². The molecular formula is C14H18N2O3S2. The molecule has 5 nitrogen and oxygen atoms in total. The summed E-state index contributed by atoms with van der Waals surface area (Å²) in [6.07, 6.45) is 0. The zero-order chi connectivity index (χ0) is 15.6. The molecule has 1 aromatic heterocycles. The molecule has 0 saturated carbocycles. The highest BCUT2D eigenvalue weighted by molar-refractivity contribution is 7.94. The maximum absolute atomic E-state index is 12.4. The lowest BCUT2D eigenvalue weighted by Gasteiger charge is -2.09. The van der Waals surface area contributed by atoms with Gasteiger partial charge in [-0.1, -0.05) is 0 Å². The first-order chi connectivity index (χ1) is 9.87. The van der Waals surface area contributed by atoms with E-state index < -0.39 is 10.0 Å². The molecule has 1 heterocycles. The largest absolute Gasteiger partial charge is 0.496 e. The molecule has 0 aliphatic carbocycles. The highest BCUT2D eigenvalue weighted by Gasteiger charge is 2.19. The summed E-state index contributed by atoms with van der Waals surface area (Å²) in [5.41, 5.74) is 7.86. The number of thiophene rings is 1. The van der Waals surface area contributed by atoms with Crippen molar-refractivity contribution < 1.29 is 13.2 Å². The van der Waals surface area contributed by atoms with Crippen molar-refractivity contribution in [2.24, 2.45) is 5.73 Å². The van der Waals surface area contributed by atoms with Crippen LogP contribution < -0.4 is 15.2 Å². The Hall–Kier alpha value is -1.57. The minimum Gasteiger partial charge on any atom is -0.496 e. The molecule has 114 valence electrons. The lowest BCUT2D eigenvalue weighted by atomic mass is 10.2. The number of methoxy groups -OCH3 is 1. The molecule has 0 saturated heterocycles. The number of rotatable bonds is 5. The van der Waals surface area contributed by atoms with Crippen LogP contribution in [0.4, 0.5) is 5.69 Å². The summed E-state index contributed by atoms with van der Waals surface area (Å²) in [4.78, 5) is 0.876. The third-order valence-electron chi connectivity index (χ3n) is 3.10. The van der Waals surface area contributed by atoms with Crippen molar-refractivity contribution in [2.75, 3.05) is 11.8 Å². The fourth-order valence-corrected chi connectivity index (χ4v) is 4.49. The van der Waals surface area contributed by atoms with Crippen LogP contribution in [-0.2, 0) is 16.6 Å². The Morgan fingerprint density at radius 2 is 1.95 bits per heavy atom. The van der Waals surface area contributed by atoms with Crippen LogP contribution in [-0.4, -0.2) is 15.5 Å². The first-order valence-corrected chi connectivity index (χ1v) is 8.64. The lowest BCUT2D eigenvalue weighted by molar-refractivity contribution is 0.412. The van der Waals surface area contributed by atoms with E-state index in [1.807, 2.05) is 13.8 Å². The van der Waals surface area contributed by atoms with Crippen molar-refractivity contribution in [3.63, 3.8) is 0 Å². The van der Waals surface area contributed by atoms with Gasteiger partial charge in [-0.25, -0.2) is 8.42 Å². The highest BCUT2D eigenvalue weighted by Crippen LogP contribution is 2.28. The molecule has 0 atom stereocenters. The van der Waals surface area contributed by atoms with Crippen LogP contribution in [0.2, 0.25) is 0 Å². The van der Waals surface area contributed by atoms with Gasteiger partial charge in [0.25, 0.3) is 10.0 Å². The number of ether oxygens (including phenoxy) is 1. The highest BCUT2D eigenvalue weighted by atomic mass is 32.2. The van der Waals surface area contributed by atoms with Gasteiger partial charge in [-0.3, -0.25) is 4.72 Å². The first-order valence-electron chi connectivity index (χ1n) is 6.34. The Bertz CT molecular complexity index is 752. The first kappa shape index (κ1) is 15.8. The van der Waals surface area contributed by atoms with Crippen molar-refractivity contribution in [2.45, 2.75) is 24.6 Å². The Morgan fingerprint density at radius 3 is 2.48 bits per heavy atom. The maximum atomic E-state index is 12.4. The van der Waals surface area contributed by atoms with Gasteiger partial charge >= 0.3 is 0 Å². The fourth-order valence-electron chi connectivity index (χ4n) is 1.97. The predicted molar refractivity (Wildman–Crippen MR) is 85.5 cm³/mol. The molecule has 0 spiro atoms. The molecule has 0 aliphatic rings. The molecule has 3 N–H and O–H groups in total. The van der Waals surface area contributed by atoms with Crippen molar-refractivity contribution in [3.05, 3.63) is 40.3 Å². The van der Waals surface area contributed by atoms with Crippen molar-refractivity contribution in [1.82, 2.24) is 0 Å².